The van der Waals surface area contributed by atoms with Crippen LogP contribution in [-0.4, -0.2) is 29.2 Å². The van der Waals surface area contributed by atoms with Crippen molar-refractivity contribution in [2.24, 2.45) is 0 Å². The van der Waals surface area contributed by atoms with E-state index in [1.165, 1.54) is 12.8 Å². The second-order valence-corrected chi connectivity index (χ2v) is 3.74. The summed E-state index contributed by atoms with van der Waals surface area (Å²) in [6.45, 7) is 3.94. The maximum Gasteiger partial charge on any atom is 0.122 e. The number of H-pyrrole nitrogens is 1. The number of nitrogens with one attached hydrogen (secondary N) is 2. The molecular formula is C10H17N3O. The van der Waals surface area contributed by atoms with Crippen molar-refractivity contribution >= 4 is 0 Å². The van der Waals surface area contributed by atoms with Gasteiger partial charge in [-0.25, -0.2) is 4.98 Å². The van der Waals surface area contributed by atoms with Crippen LogP contribution in [0, 0.1) is 0 Å². The van der Waals surface area contributed by atoms with Gasteiger partial charge in [0.15, 0.2) is 0 Å². The van der Waals surface area contributed by atoms with E-state index < -0.39 is 0 Å². The van der Waals surface area contributed by atoms with Crippen LogP contribution in [0.25, 0.3) is 0 Å². The molecule has 1 saturated heterocycles. The van der Waals surface area contributed by atoms with Crippen molar-refractivity contribution in [2.75, 3.05) is 13.2 Å². The molecule has 0 radical (unpaired) electrons. The summed E-state index contributed by atoms with van der Waals surface area (Å²) in [6.07, 6.45) is 6.39. The zero-order valence-electron chi connectivity index (χ0n) is 8.49. The first-order valence-electron chi connectivity index (χ1n) is 5.20. The minimum atomic E-state index is 0.272. The molecular weight excluding hydrogens is 178 g/mol. The standard InChI is InChI=1S/C10H17N3O/c1-8(10-11-4-5-12-10)13-7-9-3-2-6-14-9/h4-5,8-9,13H,2-3,6-7H2,1H3,(H,11,12). The Labute approximate surface area is 84.1 Å². The quantitative estimate of drug-likeness (QED) is 0.760. The lowest BCUT2D eigenvalue weighted by Crippen LogP contribution is -2.29. The first-order chi connectivity index (χ1) is 6.86. The molecule has 0 aliphatic carbocycles. The van der Waals surface area contributed by atoms with E-state index in [2.05, 4.69) is 22.2 Å². The molecule has 2 atom stereocenters. The average molecular weight is 195 g/mol. The third-order valence-electron chi connectivity index (χ3n) is 2.61. The summed E-state index contributed by atoms with van der Waals surface area (Å²) in [5.74, 6) is 0.989. The fourth-order valence-corrected chi connectivity index (χ4v) is 1.72. The van der Waals surface area contributed by atoms with Gasteiger partial charge in [0.05, 0.1) is 12.1 Å². The molecule has 1 aliphatic heterocycles. The summed E-state index contributed by atoms with van der Waals surface area (Å²) >= 11 is 0. The van der Waals surface area contributed by atoms with Gasteiger partial charge in [-0.2, -0.15) is 0 Å². The zero-order valence-corrected chi connectivity index (χ0v) is 8.49. The predicted molar refractivity (Wildman–Crippen MR) is 54.0 cm³/mol. The van der Waals surface area contributed by atoms with Crippen molar-refractivity contribution in [1.29, 1.82) is 0 Å². The second-order valence-electron chi connectivity index (χ2n) is 3.74. The smallest absolute Gasteiger partial charge is 0.122 e. The maximum atomic E-state index is 5.53. The number of hydrogen-bond donors (Lipinski definition) is 2. The first kappa shape index (κ1) is 9.68. The van der Waals surface area contributed by atoms with Crippen LogP contribution in [0.3, 0.4) is 0 Å². The van der Waals surface area contributed by atoms with Gasteiger partial charge in [-0.3, -0.25) is 0 Å². The lowest BCUT2D eigenvalue weighted by Gasteiger charge is -2.14. The molecule has 1 aliphatic rings. The van der Waals surface area contributed by atoms with Crippen molar-refractivity contribution in [2.45, 2.75) is 31.9 Å². The molecule has 0 saturated carbocycles. The van der Waals surface area contributed by atoms with E-state index in [-0.39, 0.29) is 6.04 Å². The van der Waals surface area contributed by atoms with Crippen molar-refractivity contribution in [1.82, 2.24) is 15.3 Å². The van der Waals surface area contributed by atoms with E-state index in [1.807, 2.05) is 6.20 Å². The molecule has 4 nitrogen and oxygen atoms in total. The van der Waals surface area contributed by atoms with Crippen LogP contribution in [-0.2, 0) is 4.74 Å². The van der Waals surface area contributed by atoms with Crippen molar-refractivity contribution in [3.63, 3.8) is 0 Å². The van der Waals surface area contributed by atoms with Gasteiger partial charge >= 0.3 is 0 Å². The van der Waals surface area contributed by atoms with Crippen LogP contribution in [0.2, 0.25) is 0 Å². The predicted octanol–water partition coefficient (Wildman–Crippen LogP) is 1.24. The summed E-state index contributed by atoms with van der Waals surface area (Å²) in [6, 6.07) is 0.272. The molecule has 0 amide bonds. The lowest BCUT2D eigenvalue weighted by molar-refractivity contribution is 0.108. The highest BCUT2D eigenvalue weighted by molar-refractivity contribution is 4.93. The van der Waals surface area contributed by atoms with Gasteiger partial charge in [0.1, 0.15) is 5.82 Å². The summed E-state index contributed by atoms with van der Waals surface area (Å²) in [4.78, 5) is 7.30. The van der Waals surface area contributed by atoms with Gasteiger partial charge in [0, 0.05) is 25.5 Å². The summed E-state index contributed by atoms with van der Waals surface area (Å²) in [5, 5.41) is 3.41. The summed E-state index contributed by atoms with van der Waals surface area (Å²) in [5.41, 5.74) is 0. The maximum absolute atomic E-state index is 5.53. The minimum Gasteiger partial charge on any atom is -0.377 e. The van der Waals surface area contributed by atoms with Gasteiger partial charge in [-0.05, 0) is 19.8 Å². The third kappa shape index (κ3) is 2.33. The number of ether oxygens (including phenoxy) is 1. The average Bonchev–Trinajstić information content (AvgIpc) is 2.87. The highest BCUT2D eigenvalue weighted by Gasteiger charge is 2.16. The molecule has 14 heavy (non-hydrogen) atoms. The topological polar surface area (TPSA) is 49.9 Å². The first-order valence-corrected chi connectivity index (χ1v) is 5.20. The van der Waals surface area contributed by atoms with Crippen LogP contribution >= 0.6 is 0 Å². The molecule has 2 heterocycles. The molecule has 1 aromatic heterocycles. The van der Waals surface area contributed by atoms with E-state index in [0.29, 0.717) is 6.10 Å². The van der Waals surface area contributed by atoms with E-state index in [0.717, 1.165) is 19.0 Å². The Kier molecular flexibility index (Phi) is 3.16. The highest BCUT2D eigenvalue weighted by Crippen LogP contribution is 2.12. The van der Waals surface area contributed by atoms with Crippen LogP contribution in [0.15, 0.2) is 12.4 Å². The molecule has 0 bridgehead atoms. The Hall–Kier alpha value is -0.870. The number of rotatable bonds is 4. The fraction of sp³-hybridized carbons (Fsp3) is 0.700. The Morgan fingerprint density at radius 3 is 3.36 bits per heavy atom. The van der Waals surface area contributed by atoms with E-state index in [4.69, 9.17) is 4.74 Å². The van der Waals surface area contributed by atoms with Gasteiger partial charge in [-0.15, -0.1) is 0 Å². The fourth-order valence-electron chi connectivity index (χ4n) is 1.72. The number of imidazole rings is 1. The van der Waals surface area contributed by atoms with Gasteiger partial charge in [0.25, 0.3) is 0 Å². The lowest BCUT2D eigenvalue weighted by atomic mass is 10.2. The Balaban J connectivity index is 1.74. The SMILES string of the molecule is CC(NCC1CCCO1)c1ncc[nH]1. The third-order valence-corrected chi connectivity index (χ3v) is 2.61. The summed E-state index contributed by atoms with van der Waals surface area (Å²) in [7, 11) is 0. The normalized spacial score (nSPS) is 23.9. The van der Waals surface area contributed by atoms with Gasteiger partial charge in [-0.1, -0.05) is 0 Å². The second kappa shape index (κ2) is 4.57. The van der Waals surface area contributed by atoms with E-state index >= 15 is 0 Å². The molecule has 2 unspecified atom stereocenters. The number of hydrogen-bond acceptors (Lipinski definition) is 3. The van der Waals surface area contributed by atoms with Crippen molar-refractivity contribution < 1.29 is 4.74 Å². The molecule has 1 aromatic rings. The van der Waals surface area contributed by atoms with Gasteiger partial charge in [0.2, 0.25) is 0 Å². The Morgan fingerprint density at radius 2 is 2.71 bits per heavy atom. The number of aromatic amines is 1. The monoisotopic (exact) mass is 195 g/mol. The summed E-state index contributed by atoms with van der Waals surface area (Å²) < 4.78 is 5.53. The Morgan fingerprint density at radius 1 is 1.79 bits per heavy atom. The zero-order chi connectivity index (χ0) is 9.80. The largest absolute Gasteiger partial charge is 0.377 e. The van der Waals surface area contributed by atoms with Crippen LogP contribution in [0.5, 0.6) is 0 Å². The van der Waals surface area contributed by atoms with E-state index in [9.17, 15) is 0 Å². The number of nitrogens with zero attached hydrogens (tertiary/aromatic N) is 1. The van der Waals surface area contributed by atoms with Crippen molar-refractivity contribution in [3.05, 3.63) is 18.2 Å². The highest BCUT2D eigenvalue weighted by atomic mass is 16.5. The molecule has 1 fully saturated rings. The van der Waals surface area contributed by atoms with Crippen LogP contribution < -0.4 is 5.32 Å². The van der Waals surface area contributed by atoms with Crippen molar-refractivity contribution in [3.8, 4) is 0 Å². The number of aromatic nitrogens is 2. The minimum absolute atomic E-state index is 0.272. The van der Waals surface area contributed by atoms with E-state index in [1.54, 1.807) is 6.20 Å². The van der Waals surface area contributed by atoms with Gasteiger partial charge < -0.3 is 15.0 Å². The molecule has 2 N–H and O–H groups in total. The Bertz CT molecular complexity index is 254. The molecule has 4 heteroatoms. The van der Waals surface area contributed by atoms with Crippen LogP contribution in [0.4, 0.5) is 0 Å². The molecule has 0 spiro atoms. The van der Waals surface area contributed by atoms with Crippen LogP contribution in [0.1, 0.15) is 31.6 Å². The molecule has 78 valence electrons. The molecule has 2 rings (SSSR count). The molecule has 0 aromatic carbocycles.